The van der Waals surface area contributed by atoms with Crippen molar-refractivity contribution < 1.29 is 14.7 Å². The Balaban J connectivity index is 3.11. The number of hydrogen-bond acceptors (Lipinski definition) is 5. The first kappa shape index (κ1) is 14.1. The zero-order valence-corrected chi connectivity index (χ0v) is 10.9. The van der Waals surface area contributed by atoms with Gasteiger partial charge in [0, 0.05) is 32.3 Å². The molecule has 0 saturated heterocycles. The SMILES string of the molecule is COCCN(C)c1cc(OC)ccc1/C(N)=N/O. The third-order valence-corrected chi connectivity index (χ3v) is 2.63. The molecule has 0 radical (unpaired) electrons. The molecule has 18 heavy (non-hydrogen) atoms. The van der Waals surface area contributed by atoms with Crippen molar-refractivity contribution in [2.24, 2.45) is 10.9 Å². The highest BCUT2D eigenvalue weighted by Gasteiger charge is 2.12. The van der Waals surface area contributed by atoms with Crippen LogP contribution in [-0.2, 0) is 4.74 Å². The molecule has 1 rings (SSSR count). The van der Waals surface area contributed by atoms with Crippen LogP contribution in [0.2, 0.25) is 0 Å². The first-order valence-electron chi connectivity index (χ1n) is 5.50. The zero-order chi connectivity index (χ0) is 13.5. The molecule has 0 aliphatic carbocycles. The molecule has 0 aromatic heterocycles. The van der Waals surface area contributed by atoms with E-state index in [0.29, 0.717) is 24.5 Å². The minimum absolute atomic E-state index is 0.0666. The van der Waals surface area contributed by atoms with Crippen LogP contribution < -0.4 is 15.4 Å². The van der Waals surface area contributed by atoms with Gasteiger partial charge in [-0.25, -0.2) is 0 Å². The van der Waals surface area contributed by atoms with Crippen molar-refractivity contribution in [1.82, 2.24) is 0 Å². The fourth-order valence-electron chi connectivity index (χ4n) is 1.57. The number of oxime groups is 1. The highest BCUT2D eigenvalue weighted by atomic mass is 16.5. The lowest BCUT2D eigenvalue weighted by atomic mass is 10.1. The Morgan fingerprint density at radius 3 is 2.72 bits per heavy atom. The summed E-state index contributed by atoms with van der Waals surface area (Å²) in [5.74, 6) is 0.778. The molecule has 0 aliphatic rings. The summed E-state index contributed by atoms with van der Waals surface area (Å²) in [7, 11) is 5.14. The Morgan fingerprint density at radius 2 is 2.17 bits per heavy atom. The summed E-state index contributed by atoms with van der Waals surface area (Å²) in [6.45, 7) is 1.28. The van der Waals surface area contributed by atoms with Crippen molar-refractivity contribution in [3.63, 3.8) is 0 Å². The molecule has 6 heteroatoms. The third-order valence-electron chi connectivity index (χ3n) is 2.63. The molecule has 6 nitrogen and oxygen atoms in total. The van der Waals surface area contributed by atoms with Gasteiger partial charge in [0.05, 0.1) is 19.4 Å². The van der Waals surface area contributed by atoms with Crippen LogP contribution >= 0.6 is 0 Å². The molecule has 0 aliphatic heterocycles. The molecule has 0 atom stereocenters. The predicted octanol–water partition coefficient (Wildman–Crippen LogP) is 0.872. The van der Waals surface area contributed by atoms with Gasteiger partial charge in [0.1, 0.15) is 5.75 Å². The van der Waals surface area contributed by atoms with Crippen LogP contribution in [0.4, 0.5) is 5.69 Å². The number of likely N-dealkylation sites (N-methyl/N-ethyl adjacent to an activating group) is 1. The van der Waals surface area contributed by atoms with E-state index in [4.69, 9.17) is 20.4 Å². The smallest absolute Gasteiger partial charge is 0.172 e. The van der Waals surface area contributed by atoms with E-state index in [2.05, 4.69) is 5.16 Å². The average Bonchev–Trinajstić information content (AvgIpc) is 2.43. The van der Waals surface area contributed by atoms with Crippen molar-refractivity contribution in [2.75, 3.05) is 39.3 Å². The number of hydrogen-bond donors (Lipinski definition) is 2. The number of anilines is 1. The van der Waals surface area contributed by atoms with Crippen LogP contribution in [0.25, 0.3) is 0 Å². The maximum Gasteiger partial charge on any atom is 0.172 e. The molecule has 0 bridgehead atoms. The molecule has 3 N–H and O–H groups in total. The summed E-state index contributed by atoms with van der Waals surface area (Å²) < 4.78 is 10.2. The topological polar surface area (TPSA) is 80.3 Å². The van der Waals surface area contributed by atoms with Crippen LogP contribution in [0.5, 0.6) is 5.75 Å². The summed E-state index contributed by atoms with van der Waals surface area (Å²) in [4.78, 5) is 1.96. The van der Waals surface area contributed by atoms with E-state index in [0.717, 1.165) is 5.69 Å². The van der Waals surface area contributed by atoms with Gasteiger partial charge in [-0.1, -0.05) is 5.16 Å². The van der Waals surface area contributed by atoms with Gasteiger partial charge in [-0.15, -0.1) is 0 Å². The molecule has 0 saturated carbocycles. The van der Waals surface area contributed by atoms with Gasteiger partial charge >= 0.3 is 0 Å². The molecule has 0 unspecified atom stereocenters. The van der Waals surface area contributed by atoms with Gasteiger partial charge < -0.3 is 25.3 Å². The fraction of sp³-hybridized carbons (Fsp3) is 0.417. The first-order chi connectivity index (χ1) is 8.63. The Morgan fingerprint density at radius 1 is 1.44 bits per heavy atom. The summed E-state index contributed by atoms with van der Waals surface area (Å²) in [5, 5.41) is 11.8. The molecule has 0 fully saturated rings. The molecule has 1 aromatic carbocycles. The highest BCUT2D eigenvalue weighted by Crippen LogP contribution is 2.25. The normalized spacial score (nSPS) is 11.4. The average molecular weight is 253 g/mol. The van der Waals surface area contributed by atoms with Gasteiger partial charge in [0.25, 0.3) is 0 Å². The number of methoxy groups -OCH3 is 2. The Labute approximate surface area is 107 Å². The maximum absolute atomic E-state index is 8.79. The second kappa shape index (κ2) is 6.70. The van der Waals surface area contributed by atoms with Crippen molar-refractivity contribution >= 4 is 11.5 Å². The van der Waals surface area contributed by atoms with Crippen molar-refractivity contribution in [3.8, 4) is 5.75 Å². The predicted molar refractivity (Wildman–Crippen MR) is 70.7 cm³/mol. The van der Waals surface area contributed by atoms with Gasteiger partial charge in [-0.05, 0) is 12.1 Å². The van der Waals surface area contributed by atoms with Gasteiger partial charge in [0.15, 0.2) is 5.84 Å². The molecule has 1 aromatic rings. The van der Waals surface area contributed by atoms with E-state index >= 15 is 0 Å². The molecular formula is C12H19N3O3. The molecule has 0 heterocycles. The third kappa shape index (κ3) is 3.27. The Bertz CT molecular complexity index is 421. The van der Waals surface area contributed by atoms with E-state index < -0.39 is 0 Å². The zero-order valence-electron chi connectivity index (χ0n) is 10.9. The quantitative estimate of drug-likeness (QED) is 0.340. The second-order valence-corrected chi connectivity index (χ2v) is 3.78. The summed E-state index contributed by atoms with van der Waals surface area (Å²) >= 11 is 0. The number of benzene rings is 1. The van der Waals surface area contributed by atoms with Crippen molar-refractivity contribution in [2.45, 2.75) is 0 Å². The van der Waals surface area contributed by atoms with E-state index in [-0.39, 0.29) is 5.84 Å². The maximum atomic E-state index is 8.79. The van der Waals surface area contributed by atoms with Crippen LogP contribution in [0.1, 0.15) is 5.56 Å². The van der Waals surface area contributed by atoms with E-state index in [1.807, 2.05) is 18.0 Å². The second-order valence-electron chi connectivity index (χ2n) is 3.78. The van der Waals surface area contributed by atoms with Gasteiger partial charge in [0.2, 0.25) is 0 Å². The molecular weight excluding hydrogens is 234 g/mol. The van der Waals surface area contributed by atoms with Gasteiger partial charge in [-0.2, -0.15) is 0 Å². The van der Waals surface area contributed by atoms with Crippen molar-refractivity contribution in [3.05, 3.63) is 23.8 Å². The van der Waals surface area contributed by atoms with Crippen LogP contribution in [0, 0.1) is 0 Å². The summed E-state index contributed by atoms with van der Waals surface area (Å²) in [6.07, 6.45) is 0. The molecule has 0 amide bonds. The minimum Gasteiger partial charge on any atom is -0.497 e. The molecule has 0 spiro atoms. The number of rotatable bonds is 6. The van der Waals surface area contributed by atoms with Crippen molar-refractivity contribution in [1.29, 1.82) is 0 Å². The Kier molecular flexibility index (Phi) is 5.26. The number of nitrogens with two attached hydrogens (primary N) is 1. The molecule has 100 valence electrons. The lowest BCUT2D eigenvalue weighted by Gasteiger charge is -2.22. The highest BCUT2D eigenvalue weighted by molar-refractivity contribution is 6.02. The van der Waals surface area contributed by atoms with E-state index in [1.54, 1.807) is 26.4 Å². The minimum atomic E-state index is 0.0666. The lowest BCUT2D eigenvalue weighted by molar-refractivity contribution is 0.206. The number of ether oxygens (including phenoxy) is 2. The van der Waals surface area contributed by atoms with E-state index in [9.17, 15) is 0 Å². The summed E-state index contributed by atoms with van der Waals surface area (Å²) in [5.41, 5.74) is 7.13. The van der Waals surface area contributed by atoms with Crippen LogP contribution in [0.15, 0.2) is 23.4 Å². The number of nitrogens with zero attached hydrogens (tertiary/aromatic N) is 2. The lowest BCUT2D eigenvalue weighted by Crippen LogP contribution is -2.26. The fourth-order valence-corrected chi connectivity index (χ4v) is 1.57. The monoisotopic (exact) mass is 253 g/mol. The van der Waals surface area contributed by atoms with E-state index in [1.165, 1.54) is 0 Å². The largest absolute Gasteiger partial charge is 0.497 e. The summed E-state index contributed by atoms with van der Waals surface area (Å²) in [6, 6.07) is 5.36. The Hall–Kier alpha value is -1.95. The van der Waals surface area contributed by atoms with Gasteiger partial charge in [-0.3, -0.25) is 0 Å². The first-order valence-corrected chi connectivity index (χ1v) is 5.50. The number of amidine groups is 1. The van der Waals surface area contributed by atoms with Crippen LogP contribution in [0.3, 0.4) is 0 Å². The van der Waals surface area contributed by atoms with Crippen LogP contribution in [-0.4, -0.2) is 45.5 Å². The standard InChI is InChI=1S/C12H19N3O3/c1-15(6-7-17-2)11-8-9(18-3)4-5-10(11)12(13)14-16/h4-5,8,16H,6-7H2,1-3H3,(H2,13,14).